The summed E-state index contributed by atoms with van der Waals surface area (Å²) < 4.78 is 0.731. The van der Waals surface area contributed by atoms with Crippen LogP contribution in [0.4, 0.5) is 0 Å². The van der Waals surface area contributed by atoms with Gasteiger partial charge in [-0.25, -0.2) is 0 Å². The van der Waals surface area contributed by atoms with Crippen LogP contribution in [0.5, 0.6) is 0 Å². The Hall–Kier alpha value is -2.07. The number of primary amides is 1. The number of carbonyl (C=O) groups excluding carboxylic acids is 1. The van der Waals surface area contributed by atoms with Crippen molar-refractivity contribution < 1.29 is 9.52 Å². The van der Waals surface area contributed by atoms with Crippen LogP contribution in [0.15, 0.2) is 36.7 Å². The van der Waals surface area contributed by atoms with Crippen LogP contribution >= 0.6 is 11.6 Å². The van der Waals surface area contributed by atoms with Crippen molar-refractivity contribution in [2.75, 3.05) is 0 Å². The van der Waals surface area contributed by atoms with Gasteiger partial charge >= 0.3 is 0 Å². The van der Waals surface area contributed by atoms with Gasteiger partial charge in [0.2, 0.25) is 5.91 Å². The number of carbonyl (C=O) groups is 1. The molecule has 0 saturated heterocycles. The first kappa shape index (κ1) is 13.4. The van der Waals surface area contributed by atoms with Crippen LogP contribution in [0.2, 0.25) is 0 Å². The second-order valence-electron chi connectivity index (χ2n) is 4.32. The molecule has 1 amide bonds. The molecule has 2 N–H and O–H groups in total. The third-order valence-electron chi connectivity index (χ3n) is 2.88. The largest absolute Gasteiger partial charge is 0.619 e. The Labute approximate surface area is 116 Å². The smallest absolute Gasteiger partial charge is 0.248 e. The molecule has 5 heteroatoms. The van der Waals surface area contributed by atoms with Crippen LogP contribution in [-0.4, -0.2) is 5.91 Å². The van der Waals surface area contributed by atoms with Crippen molar-refractivity contribution in [1.29, 1.82) is 0 Å². The molecule has 2 aromatic rings. The fraction of sp³-hybridized carbons (Fsp3) is 0.143. The Bertz CT molecular complexity index is 641. The lowest BCUT2D eigenvalue weighted by molar-refractivity contribution is -0.605. The molecule has 0 aliphatic rings. The Morgan fingerprint density at radius 2 is 2.11 bits per heavy atom. The van der Waals surface area contributed by atoms with E-state index in [1.165, 1.54) is 12.4 Å². The zero-order valence-corrected chi connectivity index (χ0v) is 11.1. The zero-order chi connectivity index (χ0) is 14.0. The quantitative estimate of drug-likeness (QED) is 0.530. The van der Waals surface area contributed by atoms with Crippen molar-refractivity contribution in [2.45, 2.75) is 12.8 Å². The maximum atomic E-state index is 11.5. The van der Waals surface area contributed by atoms with E-state index in [1.807, 2.05) is 13.0 Å². The summed E-state index contributed by atoms with van der Waals surface area (Å²) in [5.41, 5.74) is 8.94. The topological polar surface area (TPSA) is 70.0 Å². The maximum Gasteiger partial charge on any atom is 0.248 e. The van der Waals surface area contributed by atoms with Gasteiger partial charge in [0.15, 0.2) is 12.4 Å². The van der Waals surface area contributed by atoms with E-state index < -0.39 is 5.91 Å². The molecular weight excluding hydrogens is 264 g/mol. The Morgan fingerprint density at radius 3 is 2.68 bits per heavy atom. The number of nitrogens with two attached hydrogens (primary N) is 1. The summed E-state index contributed by atoms with van der Waals surface area (Å²) in [7, 11) is 0. The fourth-order valence-electron chi connectivity index (χ4n) is 1.97. The molecule has 0 aliphatic heterocycles. The standard InChI is InChI=1S/C14H13ClN2O2/c1-9-4-11(14(16)18)2-3-13(9)12-5-10(6-15)7-17(19)8-12/h2-5,7-8H,6H2,1H3,(H2,16,18). The molecule has 2 rings (SSSR count). The molecule has 1 aromatic carbocycles. The number of aromatic nitrogens is 1. The Morgan fingerprint density at radius 1 is 1.37 bits per heavy atom. The minimum atomic E-state index is -0.469. The molecule has 98 valence electrons. The summed E-state index contributed by atoms with van der Waals surface area (Å²) in [5, 5.41) is 11.5. The number of amides is 1. The molecular formula is C14H13ClN2O2. The van der Waals surface area contributed by atoms with Gasteiger partial charge in [0.1, 0.15) is 0 Å². The Balaban J connectivity index is 2.53. The fourth-order valence-corrected chi connectivity index (χ4v) is 2.12. The van der Waals surface area contributed by atoms with Gasteiger partial charge in [0, 0.05) is 16.7 Å². The molecule has 0 bridgehead atoms. The van der Waals surface area contributed by atoms with Crippen molar-refractivity contribution >= 4 is 17.5 Å². The van der Waals surface area contributed by atoms with Crippen LogP contribution in [0, 0.1) is 12.1 Å². The Kier molecular flexibility index (Phi) is 3.71. The highest BCUT2D eigenvalue weighted by atomic mass is 35.5. The third kappa shape index (κ3) is 2.85. The van der Waals surface area contributed by atoms with Gasteiger partial charge in [-0.15, -0.1) is 11.6 Å². The van der Waals surface area contributed by atoms with E-state index in [0.717, 1.165) is 27.0 Å². The maximum absolute atomic E-state index is 11.5. The lowest BCUT2D eigenvalue weighted by Gasteiger charge is -2.08. The molecule has 0 radical (unpaired) electrons. The second kappa shape index (κ2) is 5.28. The summed E-state index contributed by atoms with van der Waals surface area (Å²) in [5.74, 6) is -0.197. The summed E-state index contributed by atoms with van der Waals surface area (Å²) in [6, 6.07) is 6.99. The summed E-state index contributed by atoms with van der Waals surface area (Å²) >= 11 is 5.75. The molecule has 0 saturated carbocycles. The van der Waals surface area contributed by atoms with Gasteiger partial charge < -0.3 is 10.9 Å². The molecule has 0 atom stereocenters. The summed E-state index contributed by atoms with van der Waals surface area (Å²) in [6.07, 6.45) is 2.91. The molecule has 0 fully saturated rings. The lowest BCUT2D eigenvalue weighted by Crippen LogP contribution is -2.25. The van der Waals surface area contributed by atoms with E-state index in [-0.39, 0.29) is 5.88 Å². The highest BCUT2D eigenvalue weighted by Crippen LogP contribution is 2.24. The number of aryl methyl sites for hydroxylation is 1. The monoisotopic (exact) mass is 276 g/mol. The SMILES string of the molecule is Cc1cc(C(N)=O)ccc1-c1cc(CCl)c[n+]([O-])c1. The summed E-state index contributed by atoms with van der Waals surface area (Å²) in [4.78, 5) is 11.1. The number of benzene rings is 1. The van der Waals surface area contributed by atoms with Gasteiger partial charge in [-0.1, -0.05) is 6.07 Å². The van der Waals surface area contributed by atoms with Crippen molar-refractivity contribution in [3.63, 3.8) is 0 Å². The first-order valence-corrected chi connectivity index (χ1v) is 6.24. The van der Waals surface area contributed by atoms with Crippen LogP contribution in [0.25, 0.3) is 11.1 Å². The van der Waals surface area contributed by atoms with E-state index >= 15 is 0 Å². The number of hydrogen-bond acceptors (Lipinski definition) is 2. The average Bonchev–Trinajstić information content (AvgIpc) is 2.37. The first-order valence-electron chi connectivity index (χ1n) is 5.71. The van der Waals surface area contributed by atoms with Crippen LogP contribution in [-0.2, 0) is 5.88 Å². The van der Waals surface area contributed by atoms with E-state index in [1.54, 1.807) is 18.2 Å². The molecule has 0 unspecified atom stereocenters. The highest BCUT2D eigenvalue weighted by molar-refractivity contribution is 6.17. The minimum absolute atomic E-state index is 0.272. The first-order chi connectivity index (χ1) is 9.01. The van der Waals surface area contributed by atoms with Crippen molar-refractivity contribution in [2.24, 2.45) is 5.73 Å². The van der Waals surface area contributed by atoms with Gasteiger partial charge in [-0.3, -0.25) is 4.79 Å². The molecule has 1 aromatic heterocycles. The van der Waals surface area contributed by atoms with Crippen LogP contribution in [0.3, 0.4) is 0 Å². The average molecular weight is 277 g/mol. The van der Waals surface area contributed by atoms with Gasteiger partial charge in [-0.2, -0.15) is 4.73 Å². The van der Waals surface area contributed by atoms with E-state index in [0.29, 0.717) is 5.56 Å². The third-order valence-corrected chi connectivity index (χ3v) is 3.19. The van der Waals surface area contributed by atoms with Crippen LogP contribution in [0.1, 0.15) is 21.5 Å². The van der Waals surface area contributed by atoms with Gasteiger partial charge in [0.25, 0.3) is 0 Å². The number of nitrogens with zero attached hydrogens (tertiary/aromatic N) is 1. The second-order valence-corrected chi connectivity index (χ2v) is 4.59. The van der Waals surface area contributed by atoms with Crippen molar-refractivity contribution in [1.82, 2.24) is 0 Å². The molecule has 19 heavy (non-hydrogen) atoms. The highest BCUT2D eigenvalue weighted by Gasteiger charge is 2.10. The number of alkyl halides is 1. The van der Waals surface area contributed by atoms with E-state index in [4.69, 9.17) is 17.3 Å². The molecule has 0 aliphatic carbocycles. The number of pyridine rings is 1. The molecule has 4 nitrogen and oxygen atoms in total. The van der Waals surface area contributed by atoms with Gasteiger partial charge in [0.05, 0.1) is 5.88 Å². The van der Waals surface area contributed by atoms with Crippen molar-refractivity contribution in [3.8, 4) is 11.1 Å². The lowest BCUT2D eigenvalue weighted by atomic mass is 9.99. The summed E-state index contributed by atoms with van der Waals surface area (Å²) in [6.45, 7) is 1.87. The number of hydrogen-bond donors (Lipinski definition) is 1. The van der Waals surface area contributed by atoms with E-state index in [2.05, 4.69) is 0 Å². The molecule has 1 heterocycles. The van der Waals surface area contributed by atoms with E-state index in [9.17, 15) is 10.0 Å². The normalized spacial score (nSPS) is 10.4. The van der Waals surface area contributed by atoms with Crippen LogP contribution < -0.4 is 10.5 Å². The molecule has 0 spiro atoms. The van der Waals surface area contributed by atoms with Crippen molar-refractivity contribution in [3.05, 3.63) is 58.6 Å². The predicted molar refractivity (Wildman–Crippen MR) is 73.6 cm³/mol. The number of rotatable bonds is 3. The number of halogens is 1. The zero-order valence-electron chi connectivity index (χ0n) is 10.4. The predicted octanol–water partition coefficient (Wildman–Crippen LogP) is 2.13. The van der Waals surface area contributed by atoms with Gasteiger partial charge in [-0.05, 0) is 36.2 Å². The minimum Gasteiger partial charge on any atom is -0.619 e.